The third-order valence-electron chi connectivity index (χ3n) is 4.69. The van der Waals surface area contributed by atoms with Gasteiger partial charge in [0.1, 0.15) is 0 Å². The van der Waals surface area contributed by atoms with E-state index in [9.17, 15) is 4.79 Å². The lowest BCUT2D eigenvalue weighted by Gasteiger charge is -2.16. The van der Waals surface area contributed by atoms with Gasteiger partial charge in [0.25, 0.3) is 0 Å². The monoisotopic (exact) mass is 308 g/mol. The van der Waals surface area contributed by atoms with Crippen molar-refractivity contribution in [3.8, 4) is 0 Å². The highest BCUT2D eigenvalue weighted by atomic mass is 16.1. The third-order valence-corrected chi connectivity index (χ3v) is 4.69. The van der Waals surface area contributed by atoms with Crippen LogP contribution in [0.3, 0.4) is 0 Å². The number of guanidine groups is 1. The van der Waals surface area contributed by atoms with E-state index in [2.05, 4.69) is 27.9 Å². The zero-order valence-electron chi connectivity index (χ0n) is 14.0. The zero-order valence-corrected chi connectivity index (χ0v) is 14.0. The Hall–Kier alpha value is -1.26. The Labute approximate surface area is 134 Å². The summed E-state index contributed by atoms with van der Waals surface area (Å²) in [7, 11) is 0. The van der Waals surface area contributed by atoms with Gasteiger partial charge >= 0.3 is 0 Å². The molecule has 0 unspecified atom stereocenters. The average molecular weight is 308 g/mol. The van der Waals surface area contributed by atoms with Gasteiger partial charge in [0, 0.05) is 25.6 Å². The van der Waals surface area contributed by atoms with Crippen LogP contribution in [0, 0.1) is 5.92 Å². The topological polar surface area (TPSA) is 65.5 Å². The van der Waals surface area contributed by atoms with E-state index < -0.39 is 0 Å². The summed E-state index contributed by atoms with van der Waals surface area (Å²) >= 11 is 0. The first kappa shape index (κ1) is 17.1. The van der Waals surface area contributed by atoms with Crippen molar-refractivity contribution < 1.29 is 4.79 Å². The van der Waals surface area contributed by atoms with Crippen molar-refractivity contribution in [2.24, 2.45) is 10.9 Å². The van der Waals surface area contributed by atoms with Crippen molar-refractivity contribution in [2.45, 2.75) is 70.8 Å². The van der Waals surface area contributed by atoms with Crippen LogP contribution in [-0.2, 0) is 4.79 Å². The number of aliphatic imine (C=N–C) groups is 1. The number of rotatable bonds is 7. The highest BCUT2D eigenvalue weighted by molar-refractivity contribution is 5.80. The summed E-state index contributed by atoms with van der Waals surface area (Å²) in [4.78, 5) is 16.4. The molecule has 0 aromatic rings. The molecule has 0 radical (unpaired) electrons. The third kappa shape index (κ3) is 6.24. The van der Waals surface area contributed by atoms with Gasteiger partial charge in [-0.15, -0.1) is 0 Å². The molecular formula is C17H32N4O. The van der Waals surface area contributed by atoms with E-state index >= 15 is 0 Å². The van der Waals surface area contributed by atoms with Gasteiger partial charge in [-0.1, -0.05) is 25.7 Å². The van der Waals surface area contributed by atoms with Crippen LogP contribution in [0.4, 0.5) is 0 Å². The van der Waals surface area contributed by atoms with Gasteiger partial charge in [-0.3, -0.25) is 9.79 Å². The fraction of sp³-hybridized carbons (Fsp3) is 0.882. The van der Waals surface area contributed by atoms with E-state index in [1.807, 2.05) is 0 Å². The van der Waals surface area contributed by atoms with Crippen LogP contribution in [0.5, 0.6) is 0 Å². The fourth-order valence-corrected chi connectivity index (χ4v) is 3.50. The summed E-state index contributed by atoms with van der Waals surface area (Å²) in [5.74, 6) is 1.69. The highest BCUT2D eigenvalue weighted by Gasteiger charge is 2.18. The molecule has 0 bridgehead atoms. The minimum atomic E-state index is 0.191. The van der Waals surface area contributed by atoms with Gasteiger partial charge in [0.2, 0.25) is 5.91 Å². The van der Waals surface area contributed by atoms with Crippen molar-refractivity contribution in [3.63, 3.8) is 0 Å². The summed E-state index contributed by atoms with van der Waals surface area (Å²) in [5, 5.41) is 9.77. The van der Waals surface area contributed by atoms with Crippen LogP contribution in [0.2, 0.25) is 0 Å². The molecule has 0 aromatic heterocycles. The number of nitrogens with zero attached hydrogens (tertiary/aromatic N) is 1. The molecule has 1 amide bonds. The standard InChI is InChI=1S/C17H32N4O/c1-2-18-17(21-15-9-5-6-10-15)20-12-11-19-16(22)13-14-7-3-4-8-14/h14-15H,2-13H2,1H3,(H,19,22)(H2,18,20,21). The second-order valence-electron chi connectivity index (χ2n) is 6.59. The Bertz CT molecular complexity index is 358. The molecule has 2 aliphatic carbocycles. The van der Waals surface area contributed by atoms with Crippen molar-refractivity contribution in [1.29, 1.82) is 0 Å². The number of hydrogen-bond acceptors (Lipinski definition) is 2. The molecule has 2 aliphatic rings. The van der Waals surface area contributed by atoms with Crippen LogP contribution in [0.15, 0.2) is 4.99 Å². The molecule has 0 saturated heterocycles. The summed E-state index contributed by atoms with van der Waals surface area (Å²) < 4.78 is 0. The van der Waals surface area contributed by atoms with Crippen molar-refractivity contribution >= 4 is 11.9 Å². The van der Waals surface area contributed by atoms with Crippen LogP contribution in [0.1, 0.15) is 64.7 Å². The van der Waals surface area contributed by atoms with E-state index in [-0.39, 0.29) is 5.91 Å². The Morgan fingerprint density at radius 3 is 2.41 bits per heavy atom. The van der Waals surface area contributed by atoms with Gasteiger partial charge in [0.15, 0.2) is 5.96 Å². The van der Waals surface area contributed by atoms with Crippen LogP contribution in [0.25, 0.3) is 0 Å². The van der Waals surface area contributed by atoms with Crippen molar-refractivity contribution in [2.75, 3.05) is 19.6 Å². The average Bonchev–Trinajstić information content (AvgIpc) is 3.17. The molecule has 2 rings (SSSR count). The maximum absolute atomic E-state index is 11.9. The van der Waals surface area contributed by atoms with E-state index in [0.717, 1.165) is 12.5 Å². The predicted molar refractivity (Wildman–Crippen MR) is 91.0 cm³/mol. The first-order chi connectivity index (χ1) is 10.8. The Morgan fingerprint density at radius 2 is 1.73 bits per heavy atom. The van der Waals surface area contributed by atoms with Crippen molar-refractivity contribution in [1.82, 2.24) is 16.0 Å². The van der Waals surface area contributed by atoms with E-state index in [0.29, 0.717) is 31.5 Å². The maximum atomic E-state index is 11.9. The molecule has 22 heavy (non-hydrogen) atoms. The SMILES string of the molecule is CCNC(=NCCNC(=O)CC1CCCC1)NC1CCCC1. The molecule has 2 saturated carbocycles. The number of nitrogens with one attached hydrogen (secondary N) is 3. The molecule has 3 N–H and O–H groups in total. The highest BCUT2D eigenvalue weighted by Crippen LogP contribution is 2.27. The Kier molecular flexibility index (Phi) is 7.54. The molecule has 126 valence electrons. The Morgan fingerprint density at radius 1 is 1.05 bits per heavy atom. The number of carbonyl (C=O) groups excluding carboxylic acids is 1. The van der Waals surface area contributed by atoms with E-state index in [1.54, 1.807) is 0 Å². The lowest BCUT2D eigenvalue weighted by Crippen LogP contribution is -2.42. The molecular weight excluding hydrogens is 276 g/mol. The van der Waals surface area contributed by atoms with Crippen LogP contribution in [-0.4, -0.2) is 37.5 Å². The van der Waals surface area contributed by atoms with Crippen LogP contribution < -0.4 is 16.0 Å². The lowest BCUT2D eigenvalue weighted by molar-refractivity contribution is -0.121. The molecule has 5 heteroatoms. The molecule has 0 atom stereocenters. The first-order valence-electron chi connectivity index (χ1n) is 9.09. The van der Waals surface area contributed by atoms with Gasteiger partial charge < -0.3 is 16.0 Å². The predicted octanol–water partition coefficient (Wildman–Crippen LogP) is 2.18. The fourth-order valence-electron chi connectivity index (χ4n) is 3.50. The van der Waals surface area contributed by atoms with E-state index in [4.69, 9.17) is 0 Å². The molecule has 0 aliphatic heterocycles. The van der Waals surface area contributed by atoms with Gasteiger partial charge in [-0.25, -0.2) is 0 Å². The zero-order chi connectivity index (χ0) is 15.6. The van der Waals surface area contributed by atoms with Gasteiger partial charge in [-0.05, 0) is 38.5 Å². The minimum absolute atomic E-state index is 0.191. The smallest absolute Gasteiger partial charge is 0.220 e. The van der Waals surface area contributed by atoms with Gasteiger partial charge in [0.05, 0.1) is 6.54 Å². The summed E-state index contributed by atoms with van der Waals surface area (Å²) in [5.41, 5.74) is 0. The maximum Gasteiger partial charge on any atom is 0.220 e. The molecule has 0 aromatic carbocycles. The first-order valence-corrected chi connectivity index (χ1v) is 9.09. The normalized spacial score (nSPS) is 20.3. The molecule has 0 heterocycles. The lowest BCUT2D eigenvalue weighted by atomic mass is 10.0. The molecule has 0 spiro atoms. The minimum Gasteiger partial charge on any atom is -0.357 e. The number of amides is 1. The van der Waals surface area contributed by atoms with Crippen molar-refractivity contribution in [3.05, 3.63) is 0 Å². The number of hydrogen-bond donors (Lipinski definition) is 3. The molecule has 2 fully saturated rings. The summed E-state index contributed by atoms with van der Waals surface area (Å²) in [6.45, 7) is 4.22. The number of carbonyl (C=O) groups is 1. The van der Waals surface area contributed by atoms with Crippen LogP contribution >= 0.6 is 0 Å². The van der Waals surface area contributed by atoms with Gasteiger partial charge in [-0.2, -0.15) is 0 Å². The largest absolute Gasteiger partial charge is 0.357 e. The summed E-state index contributed by atoms with van der Waals surface area (Å²) in [6.07, 6.45) is 10.8. The van der Waals surface area contributed by atoms with E-state index in [1.165, 1.54) is 51.4 Å². The second kappa shape index (κ2) is 9.70. The Balaban J connectivity index is 1.63. The quantitative estimate of drug-likeness (QED) is 0.384. The molecule has 5 nitrogen and oxygen atoms in total. The summed E-state index contributed by atoms with van der Waals surface area (Å²) in [6, 6.07) is 0.565. The second-order valence-corrected chi connectivity index (χ2v) is 6.59.